The van der Waals surface area contributed by atoms with Gasteiger partial charge in [-0.2, -0.15) is 0 Å². The molecule has 0 saturated heterocycles. The first kappa shape index (κ1) is 13.6. The van der Waals surface area contributed by atoms with Crippen LogP contribution in [0.1, 0.15) is 20.9 Å². The Morgan fingerprint density at radius 3 is 2.76 bits per heavy atom. The number of nitrogens with two attached hydrogens (primary N) is 1. The van der Waals surface area contributed by atoms with Gasteiger partial charge in [0.25, 0.3) is 5.91 Å². The first-order valence-electron chi connectivity index (χ1n) is 6.57. The van der Waals surface area contributed by atoms with Gasteiger partial charge in [0.2, 0.25) is 0 Å². The number of thiazole rings is 1. The molecule has 1 heterocycles. The zero-order chi connectivity index (χ0) is 15.0. The quantitative estimate of drug-likeness (QED) is 0.708. The third kappa shape index (κ3) is 2.73. The number of benzene rings is 2. The third-order valence-corrected chi connectivity index (χ3v) is 4.25. The molecule has 0 aliphatic rings. The minimum absolute atomic E-state index is 0.173. The normalized spacial score (nSPS) is 10.8. The average Bonchev–Trinajstić information content (AvgIpc) is 2.81. The van der Waals surface area contributed by atoms with E-state index in [0.717, 1.165) is 26.5 Å². The van der Waals surface area contributed by atoms with Crippen molar-refractivity contribution in [3.63, 3.8) is 0 Å². The van der Waals surface area contributed by atoms with Gasteiger partial charge in [-0.15, -0.1) is 11.3 Å². The Kier molecular flexibility index (Phi) is 3.35. The van der Waals surface area contributed by atoms with Crippen LogP contribution in [-0.4, -0.2) is 10.9 Å². The van der Waals surface area contributed by atoms with E-state index in [-0.39, 0.29) is 5.91 Å². The molecule has 0 radical (unpaired) electrons. The molecule has 0 aliphatic carbocycles. The van der Waals surface area contributed by atoms with Crippen molar-refractivity contribution < 1.29 is 4.79 Å². The van der Waals surface area contributed by atoms with E-state index in [1.807, 2.05) is 38.1 Å². The number of anilines is 2. The largest absolute Gasteiger partial charge is 0.398 e. The molecule has 0 fully saturated rings. The number of aromatic nitrogens is 1. The van der Waals surface area contributed by atoms with E-state index in [1.165, 1.54) is 0 Å². The van der Waals surface area contributed by atoms with Gasteiger partial charge in [0, 0.05) is 16.9 Å². The summed E-state index contributed by atoms with van der Waals surface area (Å²) < 4.78 is 1.12. The number of carbonyl (C=O) groups excluding carboxylic acids is 1. The summed E-state index contributed by atoms with van der Waals surface area (Å²) in [4.78, 5) is 16.7. The van der Waals surface area contributed by atoms with Crippen LogP contribution in [0.5, 0.6) is 0 Å². The predicted molar refractivity (Wildman–Crippen MR) is 87.9 cm³/mol. The Hall–Kier alpha value is -2.40. The number of amides is 1. The molecule has 21 heavy (non-hydrogen) atoms. The SMILES string of the molecule is Cc1nc2cc(NC(=O)c3ccc(C)c(N)c3)ccc2s1. The van der Waals surface area contributed by atoms with Gasteiger partial charge in [-0.25, -0.2) is 4.98 Å². The van der Waals surface area contributed by atoms with E-state index in [2.05, 4.69) is 10.3 Å². The summed E-state index contributed by atoms with van der Waals surface area (Å²) in [5.74, 6) is -0.173. The van der Waals surface area contributed by atoms with Crippen molar-refractivity contribution >= 4 is 38.8 Å². The van der Waals surface area contributed by atoms with Crippen molar-refractivity contribution in [1.82, 2.24) is 4.98 Å². The Labute approximate surface area is 126 Å². The molecule has 0 unspecified atom stereocenters. The highest BCUT2D eigenvalue weighted by molar-refractivity contribution is 7.18. The van der Waals surface area contributed by atoms with Gasteiger partial charge in [0.05, 0.1) is 15.2 Å². The topological polar surface area (TPSA) is 68.0 Å². The lowest BCUT2D eigenvalue weighted by atomic mass is 10.1. The van der Waals surface area contributed by atoms with Crippen molar-refractivity contribution in [3.05, 3.63) is 52.5 Å². The molecule has 0 spiro atoms. The first-order chi connectivity index (χ1) is 10.0. The Balaban J connectivity index is 1.86. The first-order valence-corrected chi connectivity index (χ1v) is 7.39. The third-order valence-electron chi connectivity index (χ3n) is 3.29. The number of nitrogens with one attached hydrogen (secondary N) is 1. The minimum atomic E-state index is -0.173. The highest BCUT2D eigenvalue weighted by Gasteiger charge is 2.09. The Morgan fingerprint density at radius 2 is 2.00 bits per heavy atom. The standard InChI is InChI=1S/C16H15N3OS/c1-9-3-4-11(7-13(9)17)16(20)19-12-5-6-15-14(8-12)18-10(2)21-15/h3-8H,17H2,1-2H3,(H,19,20). The predicted octanol–water partition coefficient (Wildman–Crippen LogP) is 3.75. The summed E-state index contributed by atoms with van der Waals surface area (Å²) in [5.41, 5.74) is 9.61. The maximum absolute atomic E-state index is 12.2. The lowest BCUT2D eigenvalue weighted by Gasteiger charge is -2.07. The van der Waals surface area contributed by atoms with Crippen molar-refractivity contribution in [2.75, 3.05) is 11.1 Å². The van der Waals surface area contributed by atoms with Gasteiger partial charge >= 0.3 is 0 Å². The lowest BCUT2D eigenvalue weighted by Crippen LogP contribution is -2.12. The second-order valence-electron chi connectivity index (χ2n) is 4.94. The van der Waals surface area contributed by atoms with Crippen molar-refractivity contribution in [2.45, 2.75) is 13.8 Å². The number of hydrogen-bond acceptors (Lipinski definition) is 4. The number of nitrogen functional groups attached to an aromatic ring is 1. The van der Waals surface area contributed by atoms with E-state index in [9.17, 15) is 4.79 Å². The summed E-state index contributed by atoms with van der Waals surface area (Å²) in [6.07, 6.45) is 0. The summed E-state index contributed by atoms with van der Waals surface area (Å²) in [6, 6.07) is 11.0. The van der Waals surface area contributed by atoms with E-state index in [1.54, 1.807) is 23.5 Å². The summed E-state index contributed by atoms with van der Waals surface area (Å²) in [7, 11) is 0. The van der Waals surface area contributed by atoms with E-state index in [4.69, 9.17) is 5.73 Å². The van der Waals surface area contributed by atoms with Crippen LogP contribution in [0, 0.1) is 13.8 Å². The number of fused-ring (bicyclic) bond motifs is 1. The lowest BCUT2D eigenvalue weighted by molar-refractivity contribution is 0.102. The smallest absolute Gasteiger partial charge is 0.255 e. The fourth-order valence-electron chi connectivity index (χ4n) is 2.11. The zero-order valence-corrected chi connectivity index (χ0v) is 12.6. The number of rotatable bonds is 2. The zero-order valence-electron chi connectivity index (χ0n) is 11.8. The van der Waals surface area contributed by atoms with Gasteiger partial charge in [0.1, 0.15) is 0 Å². The molecule has 3 aromatic rings. The molecule has 3 N–H and O–H groups in total. The molecule has 1 amide bonds. The van der Waals surface area contributed by atoms with Crippen LogP contribution >= 0.6 is 11.3 Å². The van der Waals surface area contributed by atoms with Crippen molar-refractivity contribution in [1.29, 1.82) is 0 Å². The van der Waals surface area contributed by atoms with Gasteiger partial charge in [-0.05, 0) is 49.7 Å². The van der Waals surface area contributed by atoms with Crippen LogP contribution in [-0.2, 0) is 0 Å². The van der Waals surface area contributed by atoms with Crippen LogP contribution in [0.25, 0.3) is 10.2 Å². The van der Waals surface area contributed by atoms with Crippen LogP contribution in [0.4, 0.5) is 11.4 Å². The van der Waals surface area contributed by atoms with Crippen LogP contribution in [0.2, 0.25) is 0 Å². The summed E-state index contributed by atoms with van der Waals surface area (Å²) in [5, 5.41) is 3.89. The summed E-state index contributed by atoms with van der Waals surface area (Å²) in [6.45, 7) is 3.88. The maximum Gasteiger partial charge on any atom is 0.255 e. The molecular weight excluding hydrogens is 282 g/mol. The molecule has 106 valence electrons. The fraction of sp³-hybridized carbons (Fsp3) is 0.125. The molecule has 0 saturated carbocycles. The molecule has 0 bridgehead atoms. The summed E-state index contributed by atoms with van der Waals surface area (Å²) >= 11 is 1.64. The monoisotopic (exact) mass is 297 g/mol. The van der Waals surface area contributed by atoms with E-state index in [0.29, 0.717) is 11.3 Å². The Bertz CT molecular complexity index is 839. The van der Waals surface area contributed by atoms with Crippen molar-refractivity contribution in [2.24, 2.45) is 0 Å². The fourth-order valence-corrected chi connectivity index (χ4v) is 2.91. The number of hydrogen-bond donors (Lipinski definition) is 2. The van der Waals surface area contributed by atoms with Gasteiger partial charge in [-0.3, -0.25) is 4.79 Å². The van der Waals surface area contributed by atoms with Crippen LogP contribution in [0.3, 0.4) is 0 Å². The van der Waals surface area contributed by atoms with Gasteiger partial charge < -0.3 is 11.1 Å². The number of aryl methyl sites for hydroxylation is 2. The minimum Gasteiger partial charge on any atom is -0.398 e. The number of nitrogens with zero attached hydrogens (tertiary/aromatic N) is 1. The van der Waals surface area contributed by atoms with Crippen LogP contribution in [0.15, 0.2) is 36.4 Å². The number of carbonyl (C=O) groups is 1. The van der Waals surface area contributed by atoms with Gasteiger partial charge in [0.15, 0.2) is 0 Å². The molecular formula is C16H15N3OS. The second-order valence-corrected chi connectivity index (χ2v) is 6.18. The highest BCUT2D eigenvalue weighted by atomic mass is 32.1. The Morgan fingerprint density at radius 1 is 1.19 bits per heavy atom. The molecule has 3 rings (SSSR count). The average molecular weight is 297 g/mol. The van der Waals surface area contributed by atoms with Gasteiger partial charge in [-0.1, -0.05) is 6.07 Å². The molecule has 2 aromatic carbocycles. The molecule has 0 aliphatic heterocycles. The van der Waals surface area contributed by atoms with E-state index >= 15 is 0 Å². The van der Waals surface area contributed by atoms with Crippen molar-refractivity contribution in [3.8, 4) is 0 Å². The van der Waals surface area contributed by atoms with Crippen LogP contribution < -0.4 is 11.1 Å². The highest BCUT2D eigenvalue weighted by Crippen LogP contribution is 2.24. The second kappa shape index (κ2) is 5.18. The molecule has 1 aromatic heterocycles. The molecule has 4 nitrogen and oxygen atoms in total. The van der Waals surface area contributed by atoms with E-state index < -0.39 is 0 Å². The maximum atomic E-state index is 12.2. The molecule has 0 atom stereocenters. The molecule has 5 heteroatoms.